The molecular formula is C16H20N2O3. The molecule has 1 aliphatic carbocycles. The van der Waals surface area contributed by atoms with E-state index in [9.17, 15) is 14.4 Å². The van der Waals surface area contributed by atoms with E-state index in [4.69, 9.17) is 0 Å². The first kappa shape index (κ1) is 15.2. The summed E-state index contributed by atoms with van der Waals surface area (Å²) >= 11 is 0. The van der Waals surface area contributed by atoms with E-state index in [1.165, 1.54) is 6.92 Å². The average Bonchev–Trinajstić information content (AvgIpc) is 3.22. The molecule has 0 atom stereocenters. The van der Waals surface area contributed by atoms with E-state index < -0.39 is 5.41 Å². The summed E-state index contributed by atoms with van der Waals surface area (Å²) in [5.41, 5.74) is -0.123. The molecule has 1 aliphatic rings. The third kappa shape index (κ3) is 3.68. The molecule has 0 aromatic heterocycles. The lowest BCUT2D eigenvalue weighted by Gasteiger charge is -2.22. The number of hydrogen-bond donors (Lipinski definition) is 2. The van der Waals surface area contributed by atoms with Crippen LogP contribution in [0, 0.1) is 5.41 Å². The summed E-state index contributed by atoms with van der Waals surface area (Å²) in [4.78, 5) is 35.7. The Morgan fingerprint density at radius 2 is 1.81 bits per heavy atom. The van der Waals surface area contributed by atoms with Crippen LogP contribution in [0.15, 0.2) is 24.3 Å². The van der Waals surface area contributed by atoms with Crippen molar-refractivity contribution in [1.29, 1.82) is 0 Å². The summed E-state index contributed by atoms with van der Waals surface area (Å²) in [5.74, 6) is -0.733. The lowest BCUT2D eigenvalue weighted by molar-refractivity contribution is -0.138. The van der Waals surface area contributed by atoms with E-state index in [1.807, 2.05) is 0 Å². The van der Waals surface area contributed by atoms with E-state index in [-0.39, 0.29) is 23.6 Å². The van der Waals surface area contributed by atoms with Crippen LogP contribution in [-0.2, 0) is 9.59 Å². The largest absolute Gasteiger partial charge is 0.352 e. The number of amides is 2. The zero-order chi connectivity index (χ0) is 15.6. The molecule has 0 spiro atoms. The fraction of sp³-hybridized carbons (Fsp3) is 0.438. The highest BCUT2D eigenvalue weighted by Crippen LogP contribution is 2.24. The Bertz CT molecular complexity index is 589. The SMILES string of the molecule is CC(=O)c1cccc(NC(=O)C(C)(C)C(=O)NC2CC2)c1. The summed E-state index contributed by atoms with van der Waals surface area (Å²) in [6.45, 7) is 4.65. The minimum Gasteiger partial charge on any atom is -0.352 e. The van der Waals surface area contributed by atoms with Crippen LogP contribution in [-0.4, -0.2) is 23.6 Å². The Morgan fingerprint density at radius 3 is 2.38 bits per heavy atom. The van der Waals surface area contributed by atoms with Gasteiger partial charge in [-0.15, -0.1) is 0 Å². The Hall–Kier alpha value is -2.17. The van der Waals surface area contributed by atoms with Gasteiger partial charge in [0.05, 0.1) is 0 Å². The molecule has 2 rings (SSSR count). The molecule has 0 unspecified atom stereocenters. The highest BCUT2D eigenvalue weighted by Gasteiger charge is 2.38. The first-order valence-electron chi connectivity index (χ1n) is 7.04. The zero-order valence-electron chi connectivity index (χ0n) is 12.5. The number of hydrogen-bond acceptors (Lipinski definition) is 3. The summed E-state index contributed by atoms with van der Waals surface area (Å²) < 4.78 is 0. The molecule has 21 heavy (non-hydrogen) atoms. The molecule has 2 N–H and O–H groups in total. The van der Waals surface area contributed by atoms with Crippen molar-refractivity contribution in [2.45, 2.75) is 39.7 Å². The van der Waals surface area contributed by atoms with Crippen molar-refractivity contribution >= 4 is 23.3 Å². The fourth-order valence-corrected chi connectivity index (χ4v) is 1.80. The van der Waals surface area contributed by atoms with Gasteiger partial charge >= 0.3 is 0 Å². The second-order valence-corrected chi connectivity index (χ2v) is 5.96. The average molecular weight is 288 g/mol. The van der Waals surface area contributed by atoms with Crippen LogP contribution in [0.1, 0.15) is 44.0 Å². The van der Waals surface area contributed by atoms with Crippen LogP contribution in [0.4, 0.5) is 5.69 Å². The minimum atomic E-state index is -1.16. The third-order valence-electron chi connectivity index (χ3n) is 3.57. The van der Waals surface area contributed by atoms with Gasteiger partial charge < -0.3 is 10.6 Å². The van der Waals surface area contributed by atoms with Crippen molar-refractivity contribution in [3.8, 4) is 0 Å². The molecule has 112 valence electrons. The Balaban J connectivity index is 2.07. The van der Waals surface area contributed by atoms with Crippen LogP contribution < -0.4 is 10.6 Å². The predicted molar refractivity (Wildman–Crippen MR) is 80.0 cm³/mol. The van der Waals surface area contributed by atoms with Gasteiger partial charge in [-0.2, -0.15) is 0 Å². The molecule has 1 fully saturated rings. The van der Waals surface area contributed by atoms with Gasteiger partial charge in [-0.1, -0.05) is 12.1 Å². The summed E-state index contributed by atoms with van der Waals surface area (Å²) in [7, 11) is 0. The van der Waals surface area contributed by atoms with Crippen molar-refractivity contribution in [1.82, 2.24) is 5.32 Å². The Kier molecular flexibility index (Phi) is 4.11. The molecule has 5 heteroatoms. The van der Waals surface area contributed by atoms with Gasteiger partial charge in [-0.25, -0.2) is 0 Å². The van der Waals surface area contributed by atoms with Gasteiger partial charge in [0.2, 0.25) is 11.8 Å². The summed E-state index contributed by atoms with van der Waals surface area (Å²) in [5, 5.41) is 5.54. The van der Waals surface area contributed by atoms with Gasteiger partial charge in [0.15, 0.2) is 5.78 Å². The molecule has 0 bridgehead atoms. The highest BCUT2D eigenvalue weighted by atomic mass is 16.2. The maximum Gasteiger partial charge on any atom is 0.239 e. The number of Topliss-reactive ketones (excluding diaryl/α,β-unsaturated/α-hetero) is 1. The lowest BCUT2D eigenvalue weighted by atomic mass is 9.91. The topological polar surface area (TPSA) is 75.3 Å². The van der Waals surface area contributed by atoms with E-state index in [0.29, 0.717) is 11.3 Å². The molecule has 5 nitrogen and oxygen atoms in total. The maximum absolute atomic E-state index is 12.3. The molecule has 0 radical (unpaired) electrons. The van der Waals surface area contributed by atoms with Crippen LogP contribution in [0.25, 0.3) is 0 Å². The van der Waals surface area contributed by atoms with Crippen molar-refractivity contribution in [3.05, 3.63) is 29.8 Å². The van der Waals surface area contributed by atoms with Gasteiger partial charge in [-0.05, 0) is 45.7 Å². The van der Waals surface area contributed by atoms with E-state index in [2.05, 4.69) is 10.6 Å². The monoisotopic (exact) mass is 288 g/mol. The molecule has 1 aromatic rings. The molecule has 0 aliphatic heterocycles. The standard InChI is InChI=1S/C16H20N2O3/c1-10(19)11-5-4-6-13(9-11)18-15(21)16(2,3)14(20)17-12-7-8-12/h4-6,9,12H,7-8H2,1-3H3,(H,17,20)(H,18,21). The number of ketones is 1. The zero-order valence-corrected chi connectivity index (χ0v) is 12.5. The van der Waals surface area contributed by atoms with Crippen LogP contribution in [0.3, 0.4) is 0 Å². The maximum atomic E-state index is 12.3. The second kappa shape index (κ2) is 5.68. The van der Waals surface area contributed by atoms with Crippen molar-refractivity contribution in [2.75, 3.05) is 5.32 Å². The van der Waals surface area contributed by atoms with E-state index in [1.54, 1.807) is 38.1 Å². The van der Waals surface area contributed by atoms with Gasteiger partial charge in [0.1, 0.15) is 5.41 Å². The molecule has 0 heterocycles. The van der Waals surface area contributed by atoms with Crippen LogP contribution in [0.5, 0.6) is 0 Å². The number of rotatable bonds is 5. The summed E-state index contributed by atoms with van der Waals surface area (Å²) in [6, 6.07) is 6.89. The minimum absolute atomic E-state index is 0.0724. The second-order valence-electron chi connectivity index (χ2n) is 5.96. The van der Waals surface area contributed by atoms with Gasteiger partial charge in [0.25, 0.3) is 0 Å². The summed E-state index contributed by atoms with van der Waals surface area (Å²) in [6.07, 6.45) is 1.95. The van der Waals surface area contributed by atoms with E-state index in [0.717, 1.165) is 12.8 Å². The molecule has 0 saturated heterocycles. The smallest absolute Gasteiger partial charge is 0.239 e. The molecule has 2 amide bonds. The first-order chi connectivity index (χ1) is 9.80. The van der Waals surface area contributed by atoms with E-state index >= 15 is 0 Å². The number of carbonyl (C=O) groups excluding carboxylic acids is 3. The first-order valence-corrected chi connectivity index (χ1v) is 7.04. The van der Waals surface area contributed by atoms with Gasteiger partial charge in [-0.3, -0.25) is 14.4 Å². The van der Waals surface area contributed by atoms with Gasteiger partial charge in [0, 0.05) is 17.3 Å². The number of nitrogens with one attached hydrogen (secondary N) is 2. The van der Waals surface area contributed by atoms with Crippen molar-refractivity contribution in [2.24, 2.45) is 5.41 Å². The molecule has 1 aromatic carbocycles. The predicted octanol–water partition coefficient (Wildman–Crippen LogP) is 2.13. The fourth-order valence-electron chi connectivity index (χ4n) is 1.80. The van der Waals surface area contributed by atoms with Crippen molar-refractivity contribution < 1.29 is 14.4 Å². The van der Waals surface area contributed by atoms with Crippen LogP contribution >= 0.6 is 0 Å². The number of anilines is 1. The quantitative estimate of drug-likeness (QED) is 0.644. The molecule has 1 saturated carbocycles. The number of benzene rings is 1. The Labute approximate surface area is 124 Å². The highest BCUT2D eigenvalue weighted by molar-refractivity contribution is 6.10. The molecular weight excluding hydrogens is 268 g/mol. The Morgan fingerprint density at radius 1 is 1.14 bits per heavy atom. The number of carbonyl (C=O) groups is 3. The normalized spacial score (nSPS) is 14.4. The third-order valence-corrected chi connectivity index (χ3v) is 3.57. The lowest BCUT2D eigenvalue weighted by Crippen LogP contribution is -2.45. The van der Waals surface area contributed by atoms with Crippen LogP contribution in [0.2, 0.25) is 0 Å². The van der Waals surface area contributed by atoms with Crippen molar-refractivity contribution in [3.63, 3.8) is 0 Å².